The van der Waals surface area contributed by atoms with Crippen molar-refractivity contribution in [1.82, 2.24) is 10.3 Å². The summed E-state index contributed by atoms with van der Waals surface area (Å²) in [6.45, 7) is 2.99. The molecule has 1 saturated carbocycles. The van der Waals surface area contributed by atoms with E-state index < -0.39 is 0 Å². The zero-order chi connectivity index (χ0) is 13.0. The van der Waals surface area contributed by atoms with Gasteiger partial charge in [0, 0.05) is 18.9 Å². The molecule has 1 aliphatic carbocycles. The molecule has 1 aromatic rings. The quantitative estimate of drug-likeness (QED) is 0.557. The van der Waals surface area contributed by atoms with Gasteiger partial charge in [-0.05, 0) is 24.3 Å². The van der Waals surface area contributed by atoms with E-state index in [4.69, 9.17) is 5.84 Å². The van der Waals surface area contributed by atoms with Crippen molar-refractivity contribution in [3.63, 3.8) is 0 Å². The molecule has 2 rings (SSSR count). The van der Waals surface area contributed by atoms with Crippen LogP contribution in [0, 0.1) is 11.8 Å². The standard InChI is InChI=1S/C13H20N4O/c1-9-3-2-4-10(9)7-16-13(18)11-8-15-6-5-12(11)17-14/h5-6,8-10H,2-4,7,14H2,1H3,(H,15,17)(H,16,18). The molecule has 0 aromatic carbocycles. The Morgan fingerprint density at radius 1 is 1.56 bits per heavy atom. The van der Waals surface area contributed by atoms with E-state index in [1.54, 1.807) is 12.3 Å². The number of pyridine rings is 1. The lowest BCUT2D eigenvalue weighted by Crippen LogP contribution is -2.31. The third-order valence-corrected chi connectivity index (χ3v) is 3.79. The summed E-state index contributed by atoms with van der Waals surface area (Å²) in [6, 6.07) is 1.69. The zero-order valence-corrected chi connectivity index (χ0v) is 10.6. The highest BCUT2D eigenvalue weighted by atomic mass is 16.1. The molecule has 1 aromatic heterocycles. The van der Waals surface area contributed by atoms with Crippen LogP contribution in [0.15, 0.2) is 18.5 Å². The second-order valence-corrected chi connectivity index (χ2v) is 4.94. The van der Waals surface area contributed by atoms with Gasteiger partial charge in [0.2, 0.25) is 0 Å². The first kappa shape index (κ1) is 12.8. The van der Waals surface area contributed by atoms with Crippen molar-refractivity contribution in [3.05, 3.63) is 24.0 Å². The minimum absolute atomic E-state index is 0.116. The van der Waals surface area contributed by atoms with Gasteiger partial charge in [0.25, 0.3) is 5.91 Å². The van der Waals surface area contributed by atoms with Crippen LogP contribution in [-0.4, -0.2) is 17.4 Å². The molecule has 0 spiro atoms. The summed E-state index contributed by atoms with van der Waals surface area (Å²) < 4.78 is 0. The average molecular weight is 248 g/mol. The molecule has 5 heteroatoms. The largest absolute Gasteiger partial charge is 0.352 e. The predicted octanol–water partition coefficient (Wildman–Crippen LogP) is 1.53. The van der Waals surface area contributed by atoms with Crippen LogP contribution in [0.2, 0.25) is 0 Å². The highest BCUT2D eigenvalue weighted by Crippen LogP contribution is 2.30. The maximum Gasteiger partial charge on any atom is 0.255 e. The third kappa shape index (κ3) is 2.79. The summed E-state index contributed by atoms with van der Waals surface area (Å²) in [5, 5.41) is 2.97. The molecule has 18 heavy (non-hydrogen) atoms. The molecule has 2 atom stereocenters. The molecule has 0 radical (unpaired) electrons. The Morgan fingerprint density at radius 2 is 2.39 bits per heavy atom. The lowest BCUT2D eigenvalue weighted by molar-refractivity contribution is 0.0945. The molecule has 1 amide bonds. The van der Waals surface area contributed by atoms with Crippen molar-refractivity contribution in [2.45, 2.75) is 26.2 Å². The Bertz CT molecular complexity index is 421. The van der Waals surface area contributed by atoms with Crippen molar-refractivity contribution < 1.29 is 4.79 Å². The van der Waals surface area contributed by atoms with Gasteiger partial charge < -0.3 is 10.7 Å². The molecule has 1 aliphatic rings. The minimum atomic E-state index is -0.116. The number of rotatable bonds is 4. The summed E-state index contributed by atoms with van der Waals surface area (Å²) in [6.07, 6.45) is 6.87. The molecular weight excluding hydrogens is 228 g/mol. The van der Waals surface area contributed by atoms with Gasteiger partial charge >= 0.3 is 0 Å². The lowest BCUT2D eigenvalue weighted by Gasteiger charge is -2.16. The number of anilines is 1. The van der Waals surface area contributed by atoms with Crippen molar-refractivity contribution in [2.75, 3.05) is 12.0 Å². The number of hydrazine groups is 1. The van der Waals surface area contributed by atoms with Crippen LogP contribution in [0.25, 0.3) is 0 Å². The molecule has 98 valence electrons. The van der Waals surface area contributed by atoms with Gasteiger partial charge in [0.15, 0.2) is 0 Å². The number of carbonyl (C=O) groups excluding carboxylic acids is 1. The molecule has 2 unspecified atom stereocenters. The van der Waals surface area contributed by atoms with Gasteiger partial charge in [-0.2, -0.15) is 0 Å². The van der Waals surface area contributed by atoms with Crippen LogP contribution in [0.1, 0.15) is 36.5 Å². The number of amides is 1. The fourth-order valence-electron chi connectivity index (χ4n) is 2.55. The number of nitrogen functional groups attached to an aromatic ring is 1. The van der Waals surface area contributed by atoms with Crippen molar-refractivity contribution in [3.8, 4) is 0 Å². The van der Waals surface area contributed by atoms with Crippen LogP contribution >= 0.6 is 0 Å². The number of nitrogens with two attached hydrogens (primary N) is 1. The highest BCUT2D eigenvalue weighted by molar-refractivity contribution is 5.99. The van der Waals surface area contributed by atoms with E-state index in [1.807, 2.05) is 0 Å². The monoisotopic (exact) mass is 248 g/mol. The lowest BCUT2D eigenvalue weighted by atomic mass is 9.98. The zero-order valence-electron chi connectivity index (χ0n) is 10.6. The van der Waals surface area contributed by atoms with E-state index >= 15 is 0 Å². The van der Waals surface area contributed by atoms with E-state index in [0.29, 0.717) is 23.1 Å². The Morgan fingerprint density at radius 3 is 3.06 bits per heavy atom. The second-order valence-electron chi connectivity index (χ2n) is 4.94. The fourth-order valence-corrected chi connectivity index (χ4v) is 2.55. The number of hydrogen-bond donors (Lipinski definition) is 3. The molecule has 1 fully saturated rings. The average Bonchev–Trinajstić information content (AvgIpc) is 2.81. The summed E-state index contributed by atoms with van der Waals surface area (Å²) >= 11 is 0. The van der Waals surface area contributed by atoms with Gasteiger partial charge in [0.05, 0.1) is 11.3 Å². The first-order chi connectivity index (χ1) is 8.72. The first-order valence-electron chi connectivity index (χ1n) is 6.41. The number of carbonyl (C=O) groups is 1. The van der Waals surface area contributed by atoms with Crippen LogP contribution < -0.4 is 16.6 Å². The molecule has 1 heterocycles. The molecule has 5 nitrogen and oxygen atoms in total. The molecule has 0 saturated heterocycles. The number of nitrogens with one attached hydrogen (secondary N) is 2. The van der Waals surface area contributed by atoms with E-state index in [9.17, 15) is 4.79 Å². The number of hydrogen-bond acceptors (Lipinski definition) is 4. The SMILES string of the molecule is CC1CCCC1CNC(=O)c1cnccc1NN. The third-order valence-electron chi connectivity index (χ3n) is 3.79. The van der Waals surface area contributed by atoms with Gasteiger partial charge in [-0.1, -0.05) is 19.8 Å². The van der Waals surface area contributed by atoms with Gasteiger partial charge in [-0.15, -0.1) is 0 Å². The summed E-state index contributed by atoms with van der Waals surface area (Å²) in [4.78, 5) is 16.0. The summed E-state index contributed by atoms with van der Waals surface area (Å²) in [7, 11) is 0. The second kappa shape index (κ2) is 5.82. The Labute approximate surface area is 107 Å². The Hall–Kier alpha value is -1.62. The van der Waals surface area contributed by atoms with Gasteiger partial charge in [0.1, 0.15) is 0 Å². The topological polar surface area (TPSA) is 80.0 Å². The first-order valence-corrected chi connectivity index (χ1v) is 6.41. The Kier molecular flexibility index (Phi) is 4.15. The van der Waals surface area contributed by atoms with E-state index in [-0.39, 0.29) is 5.91 Å². The summed E-state index contributed by atoms with van der Waals surface area (Å²) in [5.74, 6) is 6.55. The number of aromatic nitrogens is 1. The molecule has 4 N–H and O–H groups in total. The van der Waals surface area contributed by atoms with Crippen LogP contribution in [0.4, 0.5) is 5.69 Å². The van der Waals surface area contributed by atoms with Gasteiger partial charge in [-0.3, -0.25) is 15.6 Å². The van der Waals surface area contributed by atoms with Crippen LogP contribution in [-0.2, 0) is 0 Å². The Balaban J connectivity index is 1.95. The highest BCUT2D eigenvalue weighted by Gasteiger charge is 2.24. The van der Waals surface area contributed by atoms with Crippen LogP contribution in [0.5, 0.6) is 0 Å². The normalized spacial score (nSPS) is 22.8. The van der Waals surface area contributed by atoms with Crippen molar-refractivity contribution in [2.24, 2.45) is 17.7 Å². The van der Waals surface area contributed by atoms with E-state index in [1.165, 1.54) is 25.5 Å². The number of nitrogens with zero attached hydrogens (tertiary/aromatic N) is 1. The maximum absolute atomic E-state index is 12.0. The molecular formula is C13H20N4O. The summed E-state index contributed by atoms with van der Waals surface area (Å²) in [5.41, 5.74) is 3.60. The van der Waals surface area contributed by atoms with Crippen molar-refractivity contribution >= 4 is 11.6 Å². The minimum Gasteiger partial charge on any atom is -0.352 e. The van der Waals surface area contributed by atoms with Gasteiger partial charge in [-0.25, -0.2) is 0 Å². The van der Waals surface area contributed by atoms with Crippen LogP contribution in [0.3, 0.4) is 0 Å². The van der Waals surface area contributed by atoms with E-state index in [0.717, 1.165) is 6.54 Å². The maximum atomic E-state index is 12.0. The van der Waals surface area contributed by atoms with E-state index in [2.05, 4.69) is 22.7 Å². The smallest absolute Gasteiger partial charge is 0.255 e. The predicted molar refractivity (Wildman–Crippen MR) is 70.9 cm³/mol. The molecule has 0 bridgehead atoms. The van der Waals surface area contributed by atoms with Crippen molar-refractivity contribution in [1.29, 1.82) is 0 Å². The molecule has 0 aliphatic heterocycles. The fraction of sp³-hybridized carbons (Fsp3) is 0.538.